The van der Waals surface area contributed by atoms with Crippen LogP contribution >= 0.6 is 0 Å². The molecule has 4 saturated carbocycles. The second kappa shape index (κ2) is 9.26. The number of aliphatic hydroxyl groups excluding tert-OH is 3. The molecule has 0 aromatic rings. The lowest BCUT2D eigenvalue weighted by atomic mass is 9.53. The molecule has 4 N–H and O–H groups in total. The van der Waals surface area contributed by atoms with Gasteiger partial charge in [-0.3, -0.25) is 9.28 Å². The number of hydrogen-bond donors (Lipinski definition) is 4. The van der Waals surface area contributed by atoms with E-state index in [1.54, 1.807) is 0 Å². The third kappa shape index (κ3) is 4.91. The number of ether oxygens (including phenoxy) is 1. The van der Waals surface area contributed by atoms with E-state index in [4.69, 9.17) is 4.74 Å². The molecule has 0 aromatic carbocycles. The number of carbonyl (C=O) groups is 2. The van der Waals surface area contributed by atoms with Crippen LogP contribution < -0.4 is 10.4 Å². The van der Waals surface area contributed by atoms with Crippen molar-refractivity contribution in [3.63, 3.8) is 0 Å². The molecule has 9 heteroatoms. The summed E-state index contributed by atoms with van der Waals surface area (Å²) in [6.45, 7) is -1.64. The maximum absolute atomic E-state index is 12.7. The molecule has 4 aliphatic rings. The zero-order chi connectivity index (χ0) is 21.1. The highest BCUT2D eigenvalue weighted by atomic mass is 16.5. The number of amides is 1. The molecule has 1 amide bonds. The van der Waals surface area contributed by atoms with Crippen molar-refractivity contribution in [3.8, 4) is 0 Å². The number of carboxylic acids is 1. The molecule has 4 fully saturated rings. The lowest BCUT2D eigenvalue weighted by Gasteiger charge is -2.56. The van der Waals surface area contributed by atoms with Gasteiger partial charge in [0, 0.05) is 5.54 Å². The molecule has 4 rings (SSSR count). The first-order chi connectivity index (χ1) is 13.8. The second-order valence-corrected chi connectivity index (χ2v) is 9.29. The maximum atomic E-state index is 12.7. The highest BCUT2D eigenvalue weighted by molar-refractivity contribution is 5.78. The largest absolute Gasteiger partial charge is 0.542 e. The number of rotatable bonds is 12. The zero-order valence-corrected chi connectivity index (χ0v) is 16.9. The molecule has 1 unspecified atom stereocenters. The van der Waals surface area contributed by atoms with Gasteiger partial charge in [0.05, 0.1) is 19.8 Å². The smallest absolute Gasteiger partial charge is 0.246 e. The van der Waals surface area contributed by atoms with Crippen LogP contribution in [0.2, 0.25) is 0 Å². The number of nitrogens with one attached hydrogen (secondary N) is 1. The monoisotopic (exact) mass is 414 g/mol. The van der Waals surface area contributed by atoms with Gasteiger partial charge >= 0.3 is 0 Å². The average molecular weight is 414 g/mol. The first-order valence-corrected chi connectivity index (χ1v) is 10.7. The first-order valence-electron chi connectivity index (χ1n) is 10.7. The molecule has 1 atom stereocenters. The zero-order valence-electron chi connectivity index (χ0n) is 16.9. The Morgan fingerprint density at radius 1 is 0.966 bits per heavy atom. The lowest BCUT2D eigenvalue weighted by molar-refractivity contribution is -0.965. The van der Waals surface area contributed by atoms with Crippen LogP contribution in [0.25, 0.3) is 0 Å². The van der Waals surface area contributed by atoms with Crippen molar-refractivity contribution in [1.82, 2.24) is 5.32 Å². The van der Waals surface area contributed by atoms with Crippen molar-refractivity contribution in [2.75, 3.05) is 46.1 Å². The lowest BCUT2D eigenvalue weighted by Crippen LogP contribution is -2.66. The van der Waals surface area contributed by atoms with Crippen LogP contribution in [0.4, 0.5) is 0 Å². The van der Waals surface area contributed by atoms with Gasteiger partial charge in [-0.15, -0.1) is 0 Å². The summed E-state index contributed by atoms with van der Waals surface area (Å²) in [6.07, 6.45) is 5.13. The summed E-state index contributed by atoms with van der Waals surface area (Å²) in [4.78, 5) is 24.4. The number of aliphatic hydroxyl groups is 3. The van der Waals surface area contributed by atoms with E-state index in [9.17, 15) is 30.0 Å². The van der Waals surface area contributed by atoms with E-state index in [0.717, 1.165) is 19.3 Å². The Morgan fingerprint density at radius 2 is 1.41 bits per heavy atom. The van der Waals surface area contributed by atoms with Gasteiger partial charge in [-0.2, -0.15) is 0 Å². The summed E-state index contributed by atoms with van der Waals surface area (Å²) in [5, 5.41) is 43.0. The van der Waals surface area contributed by atoms with Crippen LogP contribution in [0.5, 0.6) is 0 Å². The van der Waals surface area contributed by atoms with E-state index in [0.29, 0.717) is 17.8 Å². The molecule has 0 saturated heterocycles. The standard InChI is InChI=1S/C20H34N2O7/c23-4-1-22(2-5-24,3-6-25)18(19(27)28)29-13-17(26)21-20-10-14-7-15(11-20)9-16(8-14)12-20/h14-16,18,23-25H,1-13H2,(H-,21,26,27,28). The third-order valence-corrected chi connectivity index (χ3v) is 7.15. The molecule has 166 valence electrons. The number of hydrogen-bond acceptors (Lipinski definition) is 7. The van der Waals surface area contributed by atoms with Gasteiger partial charge in [0.1, 0.15) is 32.2 Å². The van der Waals surface area contributed by atoms with E-state index in [2.05, 4.69) is 5.32 Å². The fraction of sp³-hybridized carbons (Fsp3) is 0.900. The van der Waals surface area contributed by atoms with Crippen molar-refractivity contribution in [1.29, 1.82) is 0 Å². The van der Waals surface area contributed by atoms with Crippen LogP contribution in [0.1, 0.15) is 38.5 Å². The van der Waals surface area contributed by atoms with Crippen LogP contribution in [0, 0.1) is 17.8 Å². The van der Waals surface area contributed by atoms with Crippen LogP contribution in [-0.2, 0) is 14.3 Å². The van der Waals surface area contributed by atoms with Crippen LogP contribution in [0.3, 0.4) is 0 Å². The van der Waals surface area contributed by atoms with E-state index in [-0.39, 0.29) is 50.9 Å². The normalized spacial score (nSPS) is 31.6. The van der Waals surface area contributed by atoms with E-state index < -0.39 is 23.3 Å². The van der Waals surface area contributed by atoms with Crippen molar-refractivity contribution < 1.29 is 39.2 Å². The summed E-state index contributed by atoms with van der Waals surface area (Å²) in [7, 11) is 0. The third-order valence-electron chi connectivity index (χ3n) is 7.15. The van der Waals surface area contributed by atoms with Crippen molar-refractivity contribution in [2.45, 2.75) is 50.3 Å². The summed E-state index contributed by atoms with van der Waals surface area (Å²) in [5.41, 5.74) is -0.195. The van der Waals surface area contributed by atoms with Gasteiger partial charge < -0.3 is 35.3 Å². The predicted molar refractivity (Wildman–Crippen MR) is 99.9 cm³/mol. The fourth-order valence-electron chi connectivity index (χ4n) is 6.48. The Bertz CT molecular complexity index is 545. The van der Waals surface area contributed by atoms with Gasteiger partial charge in [0.2, 0.25) is 12.1 Å². The van der Waals surface area contributed by atoms with Gasteiger partial charge in [-0.25, -0.2) is 0 Å². The molecule has 29 heavy (non-hydrogen) atoms. The molecular weight excluding hydrogens is 380 g/mol. The van der Waals surface area contributed by atoms with E-state index >= 15 is 0 Å². The number of quaternary nitrogens is 1. The van der Waals surface area contributed by atoms with E-state index in [1.807, 2.05) is 0 Å². The van der Waals surface area contributed by atoms with Crippen molar-refractivity contribution in [2.24, 2.45) is 17.8 Å². The van der Waals surface area contributed by atoms with Gasteiger partial charge in [-0.1, -0.05) is 0 Å². The summed E-state index contributed by atoms with van der Waals surface area (Å²) in [5.74, 6) is 0.112. The molecular formula is C20H34N2O7. The Balaban J connectivity index is 1.63. The predicted octanol–water partition coefficient (Wildman–Crippen LogP) is -2.04. The molecule has 4 aliphatic carbocycles. The van der Waals surface area contributed by atoms with Crippen LogP contribution in [-0.4, -0.2) is 89.5 Å². The fourth-order valence-corrected chi connectivity index (χ4v) is 6.48. The van der Waals surface area contributed by atoms with Crippen LogP contribution in [0.15, 0.2) is 0 Å². The number of carbonyl (C=O) groups excluding carboxylic acids is 2. The highest BCUT2D eigenvalue weighted by Crippen LogP contribution is 2.55. The average Bonchev–Trinajstić information content (AvgIpc) is 2.60. The Hall–Kier alpha value is -1.26. The molecule has 0 spiro atoms. The Labute approximate surface area is 171 Å². The quantitative estimate of drug-likeness (QED) is 0.213. The maximum Gasteiger partial charge on any atom is 0.246 e. The molecule has 0 radical (unpaired) electrons. The minimum absolute atomic E-state index is 0.0453. The number of carboxylic acid groups (broad SMARTS) is 1. The molecule has 9 nitrogen and oxygen atoms in total. The molecule has 0 aliphatic heterocycles. The Morgan fingerprint density at radius 3 is 1.79 bits per heavy atom. The summed E-state index contributed by atoms with van der Waals surface area (Å²) >= 11 is 0. The van der Waals surface area contributed by atoms with Gasteiger partial charge in [0.15, 0.2) is 0 Å². The van der Waals surface area contributed by atoms with Gasteiger partial charge in [-0.05, 0) is 56.3 Å². The molecule has 0 aromatic heterocycles. The highest BCUT2D eigenvalue weighted by Gasteiger charge is 2.51. The summed E-state index contributed by atoms with van der Waals surface area (Å²) < 4.78 is 5.06. The number of aliphatic carboxylic acids is 1. The topological polar surface area (TPSA) is 139 Å². The first kappa shape index (κ1) is 22.4. The minimum Gasteiger partial charge on any atom is -0.542 e. The van der Waals surface area contributed by atoms with Crippen molar-refractivity contribution >= 4 is 11.9 Å². The summed E-state index contributed by atoms with van der Waals surface area (Å²) in [6, 6.07) is 0. The Kier molecular flexibility index (Phi) is 7.16. The number of nitrogens with zero attached hydrogens (tertiary/aromatic N) is 1. The molecule has 4 bridgehead atoms. The van der Waals surface area contributed by atoms with Crippen molar-refractivity contribution in [3.05, 3.63) is 0 Å². The second-order valence-electron chi connectivity index (χ2n) is 9.29. The molecule has 0 heterocycles. The van der Waals surface area contributed by atoms with Gasteiger partial charge in [0.25, 0.3) is 0 Å². The SMILES string of the molecule is O=C(COC(C(=O)[O-])[N+](CCO)(CCO)CCO)NC12CC3CC(CC(C3)C1)C2. The minimum atomic E-state index is -1.57. The van der Waals surface area contributed by atoms with E-state index in [1.165, 1.54) is 19.3 Å².